The number of benzene rings is 1. The van der Waals surface area contributed by atoms with Gasteiger partial charge in [-0.1, -0.05) is 18.2 Å². The second-order valence-electron chi connectivity index (χ2n) is 6.02. The third kappa shape index (κ3) is 3.41. The number of carbonyl (C=O) groups is 1. The number of ether oxygens (including phenoxy) is 1. The van der Waals surface area contributed by atoms with Gasteiger partial charge in [0.15, 0.2) is 0 Å². The van der Waals surface area contributed by atoms with Crippen LogP contribution in [-0.2, 0) is 11.2 Å². The van der Waals surface area contributed by atoms with Crippen molar-refractivity contribution in [1.29, 1.82) is 0 Å². The highest BCUT2D eigenvalue weighted by molar-refractivity contribution is 6.00. The van der Waals surface area contributed by atoms with Crippen LogP contribution in [0.15, 0.2) is 48.7 Å². The first-order chi connectivity index (χ1) is 11.7. The summed E-state index contributed by atoms with van der Waals surface area (Å²) >= 11 is 0. The largest absolute Gasteiger partial charge is 0.495 e. The highest BCUT2D eigenvalue weighted by Gasteiger charge is 2.36. The molecule has 1 aliphatic heterocycles. The van der Waals surface area contributed by atoms with Crippen LogP contribution in [0.1, 0.15) is 12.1 Å². The Balaban J connectivity index is 1.65. The maximum absolute atomic E-state index is 12.8. The highest BCUT2D eigenvalue weighted by Crippen LogP contribution is 2.32. The second-order valence-corrected chi connectivity index (χ2v) is 6.02. The van der Waals surface area contributed by atoms with Crippen LogP contribution in [0.5, 0.6) is 5.75 Å². The Bertz CT molecular complexity index is 690. The number of amides is 1. The molecule has 1 atom stereocenters. The Labute approximate surface area is 142 Å². The smallest absolute Gasteiger partial charge is 0.244 e. The van der Waals surface area contributed by atoms with Gasteiger partial charge in [-0.15, -0.1) is 0 Å². The van der Waals surface area contributed by atoms with Crippen molar-refractivity contribution in [3.63, 3.8) is 0 Å². The van der Waals surface area contributed by atoms with Crippen molar-refractivity contribution >= 4 is 11.6 Å². The van der Waals surface area contributed by atoms with Crippen molar-refractivity contribution in [2.75, 3.05) is 32.1 Å². The van der Waals surface area contributed by atoms with Gasteiger partial charge in [-0.2, -0.15) is 0 Å². The van der Waals surface area contributed by atoms with Crippen molar-refractivity contribution in [1.82, 2.24) is 9.88 Å². The summed E-state index contributed by atoms with van der Waals surface area (Å²) < 4.78 is 5.39. The van der Waals surface area contributed by atoms with Crippen LogP contribution in [0, 0.1) is 0 Å². The van der Waals surface area contributed by atoms with Crippen LogP contribution in [0.4, 0.5) is 5.69 Å². The van der Waals surface area contributed by atoms with E-state index >= 15 is 0 Å². The van der Waals surface area contributed by atoms with Crippen molar-refractivity contribution in [2.24, 2.45) is 0 Å². The topological polar surface area (TPSA) is 45.7 Å². The average Bonchev–Trinajstić information content (AvgIpc) is 3.02. The fourth-order valence-electron chi connectivity index (χ4n) is 3.16. The summed E-state index contributed by atoms with van der Waals surface area (Å²) in [6.45, 7) is 1.53. The van der Waals surface area contributed by atoms with E-state index in [4.69, 9.17) is 4.74 Å². The van der Waals surface area contributed by atoms with E-state index in [1.54, 1.807) is 13.3 Å². The van der Waals surface area contributed by atoms with Gasteiger partial charge in [0.2, 0.25) is 5.91 Å². The highest BCUT2D eigenvalue weighted by atomic mass is 16.5. The summed E-state index contributed by atoms with van der Waals surface area (Å²) in [7, 11) is 3.65. The van der Waals surface area contributed by atoms with Crippen LogP contribution < -0.4 is 9.64 Å². The van der Waals surface area contributed by atoms with E-state index in [0.29, 0.717) is 0 Å². The lowest BCUT2D eigenvalue weighted by Gasteiger charge is -2.24. The summed E-state index contributed by atoms with van der Waals surface area (Å²) in [4.78, 5) is 21.1. The van der Waals surface area contributed by atoms with E-state index in [1.165, 1.54) is 0 Å². The first-order valence-electron chi connectivity index (χ1n) is 8.25. The molecule has 0 radical (unpaired) electrons. The minimum atomic E-state index is -0.0846. The van der Waals surface area contributed by atoms with Gasteiger partial charge in [-0.05, 0) is 37.7 Å². The molecule has 1 saturated heterocycles. The zero-order valence-electron chi connectivity index (χ0n) is 14.2. The van der Waals surface area contributed by atoms with Gasteiger partial charge in [0.1, 0.15) is 5.75 Å². The van der Waals surface area contributed by atoms with Crippen molar-refractivity contribution in [3.05, 3.63) is 54.4 Å². The molecule has 1 aliphatic rings. The average molecular weight is 325 g/mol. The predicted molar refractivity (Wildman–Crippen MR) is 94.3 cm³/mol. The van der Waals surface area contributed by atoms with E-state index in [2.05, 4.69) is 9.88 Å². The Hall–Kier alpha value is -2.40. The lowest BCUT2D eigenvalue weighted by molar-refractivity contribution is -0.121. The van der Waals surface area contributed by atoms with Crippen LogP contribution in [0.2, 0.25) is 0 Å². The quantitative estimate of drug-likeness (QED) is 0.818. The standard InChI is InChI=1S/C19H23N3O2/c1-21(13-10-15-7-5-6-12-20-15)17-11-14-22(19(17)23)16-8-3-4-9-18(16)24-2/h3-9,12,17H,10-11,13-14H2,1-2H3. The summed E-state index contributed by atoms with van der Waals surface area (Å²) in [5.41, 5.74) is 1.90. The fraction of sp³-hybridized carbons (Fsp3) is 0.368. The minimum Gasteiger partial charge on any atom is -0.495 e. The number of methoxy groups -OCH3 is 1. The number of hydrogen-bond acceptors (Lipinski definition) is 4. The van der Waals surface area contributed by atoms with E-state index in [1.807, 2.05) is 54.4 Å². The molecule has 5 heteroatoms. The molecule has 2 heterocycles. The van der Waals surface area contributed by atoms with E-state index in [9.17, 15) is 4.79 Å². The van der Waals surface area contributed by atoms with E-state index in [-0.39, 0.29) is 11.9 Å². The molecule has 3 rings (SSSR count). The van der Waals surface area contributed by atoms with Crippen LogP contribution in [-0.4, -0.2) is 49.1 Å². The third-order valence-electron chi connectivity index (χ3n) is 4.53. The number of aromatic nitrogens is 1. The summed E-state index contributed by atoms with van der Waals surface area (Å²) in [5, 5.41) is 0. The maximum atomic E-state index is 12.8. The van der Waals surface area contributed by atoms with Gasteiger partial charge in [-0.25, -0.2) is 0 Å². The van der Waals surface area contributed by atoms with E-state index in [0.717, 1.165) is 43.1 Å². The Morgan fingerprint density at radius 2 is 2.04 bits per heavy atom. The molecule has 1 unspecified atom stereocenters. The number of pyridine rings is 1. The molecule has 1 fully saturated rings. The zero-order valence-corrected chi connectivity index (χ0v) is 14.2. The number of carbonyl (C=O) groups excluding carboxylic acids is 1. The SMILES string of the molecule is COc1ccccc1N1CCC(N(C)CCc2ccccn2)C1=O. The normalized spacial score (nSPS) is 17.5. The molecule has 0 spiro atoms. The van der Waals surface area contributed by atoms with Crippen LogP contribution in [0.3, 0.4) is 0 Å². The molecule has 0 bridgehead atoms. The van der Waals surface area contributed by atoms with Gasteiger partial charge < -0.3 is 9.64 Å². The minimum absolute atomic E-state index is 0.0846. The Kier molecular flexibility index (Phi) is 5.11. The predicted octanol–water partition coefficient (Wildman–Crippen LogP) is 2.37. The molecule has 5 nitrogen and oxygen atoms in total. The molecule has 1 aromatic heterocycles. The molecule has 1 aromatic carbocycles. The van der Waals surface area contributed by atoms with Gasteiger partial charge >= 0.3 is 0 Å². The summed E-state index contributed by atoms with van der Waals surface area (Å²) in [6.07, 6.45) is 3.48. The fourth-order valence-corrected chi connectivity index (χ4v) is 3.16. The van der Waals surface area contributed by atoms with Crippen LogP contribution in [0.25, 0.3) is 0 Å². The monoisotopic (exact) mass is 325 g/mol. The maximum Gasteiger partial charge on any atom is 0.244 e. The molecule has 0 saturated carbocycles. The van der Waals surface area contributed by atoms with Crippen molar-refractivity contribution in [2.45, 2.75) is 18.9 Å². The molecule has 24 heavy (non-hydrogen) atoms. The molecule has 0 N–H and O–H groups in total. The summed E-state index contributed by atoms with van der Waals surface area (Å²) in [5.74, 6) is 0.880. The zero-order chi connectivity index (χ0) is 16.9. The third-order valence-corrected chi connectivity index (χ3v) is 4.53. The number of hydrogen-bond donors (Lipinski definition) is 0. The molecular weight excluding hydrogens is 302 g/mol. The molecular formula is C19H23N3O2. The Morgan fingerprint density at radius 3 is 2.79 bits per heavy atom. The number of likely N-dealkylation sites (N-methyl/N-ethyl adjacent to an activating group) is 1. The number of anilines is 1. The molecule has 126 valence electrons. The van der Waals surface area contributed by atoms with Gasteiger partial charge in [0.05, 0.1) is 18.8 Å². The lowest BCUT2D eigenvalue weighted by Crippen LogP contribution is -2.40. The second kappa shape index (κ2) is 7.45. The Morgan fingerprint density at radius 1 is 1.25 bits per heavy atom. The van der Waals surface area contributed by atoms with Crippen molar-refractivity contribution < 1.29 is 9.53 Å². The van der Waals surface area contributed by atoms with Crippen molar-refractivity contribution in [3.8, 4) is 5.75 Å². The molecule has 2 aromatic rings. The first kappa shape index (κ1) is 16.5. The number of rotatable bonds is 6. The number of para-hydroxylation sites is 2. The van der Waals surface area contributed by atoms with E-state index < -0.39 is 0 Å². The summed E-state index contributed by atoms with van der Waals surface area (Å²) in [6, 6.07) is 13.5. The van der Waals surface area contributed by atoms with Gasteiger partial charge in [-0.3, -0.25) is 14.7 Å². The molecule has 0 aliphatic carbocycles. The van der Waals surface area contributed by atoms with Gasteiger partial charge in [0.25, 0.3) is 0 Å². The number of nitrogens with zero attached hydrogens (tertiary/aromatic N) is 3. The van der Waals surface area contributed by atoms with Crippen LogP contribution >= 0.6 is 0 Å². The van der Waals surface area contributed by atoms with Gasteiger partial charge in [0, 0.05) is 31.4 Å². The molecule has 1 amide bonds. The lowest BCUT2D eigenvalue weighted by atomic mass is 10.2. The first-order valence-corrected chi connectivity index (χ1v) is 8.25.